The number of thiophene rings is 2. The highest BCUT2D eigenvalue weighted by molar-refractivity contribution is 7.85. The van der Waals surface area contributed by atoms with Crippen molar-refractivity contribution in [2.75, 3.05) is 0 Å². The van der Waals surface area contributed by atoms with Crippen LogP contribution in [0, 0.1) is 59.9 Å². The van der Waals surface area contributed by atoms with E-state index in [2.05, 4.69) is 71.3 Å². The quantitative estimate of drug-likeness (QED) is 0.241. The Labute approximate surface area is 205 Å². The van der Waals surface area contributed by atoms with Crippen LogP contribution in [0.1, 0.15) is 30.6 Å². The first kappa shape index (κ1) is 25.3. The summed E-state index contributed by atoms with van der Waals surface area (Å²) in [5, 5.41) is 4.46. The molecule has 1 aliphatic carbocycles. The first-order chi connectivity index (χ1) is 15.4. The van der Waals surface area contributed by atoms with Crippen LogP contribution in [-0.2, 0) is 0 Å². The van der Waals surface area contributed by atoms with E-state index in [1.165, 1.54) is 13.8 Å². The van der Waals surface area contributed by atoms with Gasteiger partial charge in [0.25, 0.3) is 0 Å². The van der Waals surface area contributed by atoms with Gasteiger partial charge in [-0.15, -0.1) is 22.7 Å². The van der Waals surface area contributed by atoms with Crippen molar-refractivity contribution in [1.82, 2.24) is 0 Å². The van der Waals surface area contributed by atoms with Crippen molar-refractivity contribution < 1.29 is 26.3 Å². The molecule has 0 amide bonds. The zero-order valence-electron chi connectivity index (χ0n) is 16.6. The van der Waals surface area contributed by atoms with Crippen molar-refractivity contribution in [2.45, 2.75) is 31.6 Å². The highest BCUT2D eigenvalue weighted by Crippen LogP contribution is 2.65. The average Bonchev–Trinajstić information content (AvgIpc) is 3.29. The van der Waals surface area contributed by atoms with Crippen LogP contribution < -0.4 is 0 Å². The van der Waals surface area contributed by atoms with E-state index in [1.54, 1.807) is 0 Å². The van der Waals surface area contributed by atoms with Crippen LogP contribution in [0.2, 0.25) is 0 Å². The molecule has 1 aliphatic rings. The van der Waals surface area contributed by atoms with Crippen molar-refractivity contribution in [3.8, 4) is 46.0 Å². The molecule has 0 spiro atoms. The maximum Gasteiger partial charge on any atom is 0.380 e. The van der Waals surface area contributed by atoms with Gasteiger partial charge in [0.1, 0.15) is 0 Å². The highest BCUT2D eigenvalue weighted by Gasteiger charge is 2.80. The number of hydrogen-bond acceptors (Lipinski definition) is 4. The smallest absolute Gasteiger partial charge is 0.194 e. The van der Waals surface area contributed by atoms with E-state index in [4.69, 9.17) is 0 Å². The predicted octanol–water partition coefficient (Wildman–Crippen LogP) is 6.74. The molecule has 0 nitrogen and oxygen atoms in total. The van der Waals surface area contributed by atoms with Crippen LogP contribution in [0.15, 0.2) is 12.1 Å². The Balaban J connectivity index is 2.35. The standard InChI is InChI=1S/C23H10F6S4/c1-13-17(11-15(32-13)7-3-5-9-30)19-20(22(26,27)23(28,29)21(19,24)25)18-12-16(33-14(18)2)8-4-6-10-31/h11-12,30-31H,1-2H3. The van der Waals surface area contributed by atoms with Crippen molar-refractivity contribution in [1.29, 1.82) is 0 Å². The van der Waals surface area contributed by atoms with Gasteiger partial charge < -0.3 is 0 Å². The van der Waals surface area contributed by atoms with E-state index in [-0.39, 0.29) is 19.5 Å². The van der Waals surface area contributed by atoms with E-state index < -0.39 is 40.0 Å². The zero-order valence-corrected chi connectivity index (χ0v) is 20.1. The lowest BCUT2D eigenvalue weighted by Gasteiger charge is -2.25. The normalized spacial score (nSPS) is 17.0. The van der Waals surface area contributed by atoms with Crippen LogP contribution in [0.5, 0.6) is 0 Å². The Morgan fingerprint density at radius 2 is 1.03 bits per heavy atom. The Morgan fingerprint density at radius 3 is 1.36 bits per heavy atom. The Kier molecular flexibility index (Phi) is 6.99. The molecule has 0 aromatic carbocycles. The maximum atomic E-state index is 15.0. The summed E-state index contributed by atoms with van der Waals surface area (Å²) in [6, 6.07) is 2.19. The van der Waals surface area contributed by atoms with Crippen LogP contribution in [0.25, 0.3) is 11.1 Å². The Hall–Kier alpha value is -2.34. The summed E-state index contributed by atoms with van der Waals surface area (Å²) >= 11 is 9.14. The lowest BCUT2D eigenvalue weighted by molar-refractivity contribution is -0.254. The second-order valence-electron chi connectivity index (χ2n) is 6.61. The van der Waals surface area contributed by atoms with Crippen LogP contribution in [0.4, 0.5) is 26.3 Å². The summed E-state index contributed by atoms with van der Waals surface area (Å²) in [5.74, 6) is -1.28. The van der Waals surface area contributed by atoms with E-state index in [9.17, 15) is 26.3 Å². The number of thiol groups is 2. The molecule has 0 unspecified atom stereocenters. The molecule has 33 heavy (non-hydrogen) atoms. The van der Waals surface area contributed by atoms with Gasteiger partial charge in [-0.25, -0.2) is 0 Å². The highest BCUT2D eigenvalue weighted by atomic mass is 32.1. The molecule has 0 radical (unpaired) electrons. The Morgan fingerprint density at radius 1 is 0.667 bits per heavy atom. The van der Waals surface area contributed by atoms with Gasteiger partial charge in [0, 0.05) is 20.9 Å². The van der Waals surface area contributed by atoms with E-state index >= 15 is 0 Å². The first-order valence-electron chi connectivity index (χ1n) is 8.80. The van der Waals surface area contributed by atoms with Gasteiger partial charge in [-0.3, -0.25) is 0 Å². The zero-order chi connectivity index (χ0) is 24.6. The minimum Gasteiger partial charge on any atom is -0.194 e. The number of allylic oxidation sites excluding steroid dienone is 2. The summed E-state index contributed by atoms with van der Waals surface area (Å²) in [7, 11) is 0. The number of halogens is 6. The molecule has 0 bridgehead atoms. The van der Waals surface area contributed by atoms with Gasteiger partial charge in [-0.05, 0) is 83.1 Å². The van der Waals surface area contributed by atoms with E-state index in [0.29, 0.717) is 0 Å². The molecule has 0 N–H and O–H groups in total. The molecule has 3 rings (SSSR count). The van der Waals surface area contributed by atoms with Gasteiger partial charge in [-0.2, -0.15) is 26.3 Å². The summed E-state index contributed by atoms with van der Waals surface area (Å²) in [6.45, 7) is 2.75. The summed E-state index contributed by atoms with van der Waals surface area (Å²) in [5.41, 5.74) is -3.68. The SMILES string of the molecule is Cc1sc(C#CC#CS)cc1C1=C(c2cc(C#CC#CS)sc2C)C(F)(F)C(F)(F)C1(F)F. The number of hydrogen-bond donors (Lipinski definition) is 2. The summed E-state index contributed by atoms with van der Waals surface area (Å²) in [6.07, 6.45) is 0. The molecule has 168 valence electrons. The second-order valence-corrected chi connectivity index (χ2v) is 9.57. The van der Waals surface area contributed by atoms with Gasteiger partial charge in [-0.1, -0.05) is 25.3 Å². The Bertz CT molecular complexity index is 1300. The monoisotopic (exact) mass is 528 g/mol. The van der Waals surface area contributed by atoms with Crippen molar-refractivity contribution >= 4 is 59.1 Å². The van der Waals surface area contributed by atoms with Crippen LogP contribution in [-0.4, -0.2) is 17.8 Å². The fraction of sp³-hybridized carbons (Fsp3) is 0.217. The summed E-state index contributed by atoms with van der Waals surface area (Å²) < 4.78 is 88.9. The van der Waals surface area contributed by atoms with Crippen molar-refractivity contribution in [3.63, 3.8) is 0 Å². The molecule has 0 atom stereocenters. The number of rotatable bonds is 2. The van der Waals surface area contributed by atoms with Crippen LogP contribution >= 0.6 is 47.9 Å². The molecular weight excluding hydrogens is 519 g/mol. The first-order valence-corrected chi connectivity index (χ1v) is 11.3. The van der Waals surface area contributed by atoms with Gasteiger partial charge in [0.2, 0.25) is 0 Å². The molecule has 0 saturated heterocycles. The van der Waals surface area contributed by atoms with Gasteiger partial charge in [0.05, 0.1) is 9.75 Å². The second kappa shape index (κ2) is 9.13. The lowest BCUT2D eigenvalue weighted by Crippen LogP contribution is -2.48. The minimum atomic E-state index is -5.64. The van der Waals surface area contributed by atoms with E-state index in [1.807, 2.05) is 0 Å². The predicted molar refractivity (Wildman–Crippen MR) is 127 cm³/mol. The van der Waals surface area contributed by atoms with Crippen LogP contribution in [0.3, 0.4) is 0 Å². The maximum absolute atomic E-state index is 15.0. The minimum absolute atomic E-state index is 0.135. The molecular formula is C23H10F6S4. The van der Waals surface area contributed by atoms with Crippen molar-refractivity contribution in [3.05, 3.63) is 42.8 Å². The van der Waals surface area contributed by atoms with E-state index in [0.717, 1.165) is 34.8 Å². The van der Waals surface area contributed by atoms with Gasteiger partial charge in [0.15, 0.2) is 0 Å². The lowest BCUT2D eigenvalue weighted by atomic mass is 9.95. The third kappa shape index (κ3) is 4.18. The molecule has 0 aliphatic heterocycles. The number of alkyl halides is 6. The fourth-order valence-electron chi connectivity index (χ4n) is 3.26. The number of aryl methyl sites for hydroxylation is 2. The molecule has 2 heterocycles. The topological polar surface area (TPSA) is 0 Å². The fourth-order valence-corrected chi connectivity index (χ4v) is 5.13. The average molecular weight is 529 g/mol. The largest absolute Gasteiger partial charge is 0.380 e. The molecule has 2 aromatic heterocycles. The van der Waals surface area contributed by atoms with Gasteiger partial charge >= 0.3 is 17.8 Å². The van der Waals surface area contributed by atoms with Crippen molar-refractivity contribution in [2.24, 2.45) is 0 Å². The third-order valence-electron chi connectivity index (χ3n) is 4.65. The molecule has 10 heteroatoms. The molecule has 0 fully saturated rings. The molecule has 2 aromatic rings. The third-order valence-corrected chi connectivity index (χ3v) is 6.80. The summed E-state index contributed by atoms with van der Waals surface area (Å²) in [4.78, 5) is 0.684. The molecule has 0 saturated carbocycles.